The smallest absolute Gasteiger partial charge is 0.377 e. The molecule has 0 fully saturated rings. The molecule has 107 valence electrons. The molecule has 0 amide bonds. The summed E-state index contributed by atoms with van der Waals surface area (Å²) in [6, 6.07) is 9.06. The largest absolute Gasteiger partial charge is 0.475 e. The van der Waals surface area contributed by atoms with E-state index in [1.807, 2.05) is 0 Å². The van der Waals surface area contributed by atoms with Crippen LogP contribution in [0.5, 0.6) is 11.5 Å². The third-order valence-electron chi connectivity index (χ3n) is 2.63. The summed E-state index contributed by atoms with van der Waals surface area (Å²) in [7, 11) is 0. The standard InChI is InChI=1S/C15H9Cl2O4/c1-8-6-9(16)2-5-13(8)21-10-3-4-11(12(17)7-10)14(18)15(19)20/h2-7H,1H2,(H,19,20). The number of ketones is 1. The number of rotatable bonds is 4. The van der Waals surface area contributed by atoms with Crippen LogP contribution in [0, 0.1) is 6.92 Å². The van der Waals surface area contributed by atoms with Crippen LogP contribution in [0.3, 0.4) is 0 Å². The van der Waals surface area contributed by atoms with Crippen molar-refractivity contribution in [2.24, 2.45) is 0 Å². The lowest BCUT2D eigenvalue weighted by atomic mass is 10.1. The van der Waals surface area contributed by atoms with Crippen LogP contribution in [-0.4, -0.2) is 16.9 Å². The molecule has 0 unspecified atom stereocenters. The molecule has 0 aliphatic heterocycles. The zero-order valence-electron chi connectivity index (χ0n) is 10.6. The van der Waals surface area contributed by atoms with E-state index in [1.54, 1.807) is 18.2 Å². The Morgan fingerprint density at radius 1 is 1.10 bits per heavy atom. The van der Waals surface area contributed by atoms with Gasteiger partial charge in [0.25, 0.3) is 5.78 Å². The predicted octanol–water partition coefficient (Wildman–Crippen LogP) is 4.24. The number of hydrogen-bond donors (Lipinski definition) is 1. The fourth-order valence-corrected chi connectivity index (χ4v) is 2.08. The SMILES string of the molecule is [CH2]c1cc(Cl)ccc1Oc1ccc(C(=O)C(=O)O)c(Cl)c1. The van der Waals surface area contributed by atoms with Crippen molar-refractivity contribution in [3.63, 3.8) is 0 Å². The second kappa shape index (κ2) is 6.16. The van der Waals surface area contributed by atoms with Crippen LogP contribution >= 0.6 is 23.2 Å². The molecular formula is C15H9Cl2O4. The van der Waals surface area contributed by atoms with Crippen molar-refractivity contribution >= 4 is 35.0 Å². The summed E-state index contributed by atoms with van der Waals surface area (Å²) in [5.74, 6) is -1.80. The van der Waals surface area contributed by atoms with Gasteiger partial charge < -0.3 is 9.84 Å². The van der Waals surface area contributed by atoms with E-state index in [-0.39, 0.29) is 10.6 Å². The Kier molecular flexibility index (Phi) is 4.50. The number of halogens is 2. The molecule has 6 heteroatoms. The zero-order chi connectivity index (χ0) is 15.6. The Morgan fingerprint density at radius 3 is 2.38 bits per heavy atom. The van der Waals surface area contributed by atoms with Crippen LogP contribution in [-0.2, 0) is 4.79 Å². The quantitative estimate of drug-likeness (QED) is 0.675. The van der Waals surface area contributed by atoms with E-state index in [9.17, 15) is 9.59 Å². The Hall–Kier alpha value is -2.04. The number of carbonyl (C=O) groups is 2. The molecule has 0 saturated carbocycles. The van der Waals surface area contributed by atoms with Crippen molar-refractivity contribution in [3.05, 3.63) is 64.5 Å². The predicted molar refractivity (Wildman–Crippen MR) is 79.4 cm³/mol. The van der Waals surface area contributed by atoms with E-state index >= 15 is 0 Å². The van der Waals surface area contributed by atoms with Crippen molar-refractivity contribution in [1.29, 1.82) is 0 Å². The van der Waals surface area contributed by atoms with Gasteiger partial charge in [-0.15, -0.1) is 0 Å². The molecule has 0 spiro atoms. The van der Waals surface area contributed by atoms with Crippen LogP contribution in [0.25, 0.3) is 0 Å². The number of carbonyl (C=O) groups excluding carboxylic acids is 1. The molecule has 2 aromatic rings. The number of hydrogen-bond acceptors (Lipinski definition) is 3. The average Bonchev–Trinajstić information content (AvgIpc) is 2.41. The molecule has 0 heterocycles. The number of Topliss-reactive ketones (excluding diaryl/α,β-unsaturated/α-hetero) is 1. The molecule has 21 heavy (non-hydrogen) atoms. The number of benzene rings is 2. The topological polar surface area (TPSA) is 63.6 Å². The van der Waals surface area contributed by atoms with E-state index in [2.05, 4.69) is 6.92 Å². The van der Waals surface area contributed by atoms with Crippen LogP contribution in [0.15, 0.2) is 36.4 Å². The Bertz CT molecular complexity index is 726. The molecule has 0 saturated heterocycles. The average molecular weight is 324 g/mol. The van der Waals surface area contributed by atoms with Gasteiger partial charge in [0, 0.05) is 16.7 Å². The van der Waals surface area contributed by atoms with Crippen LogP contribution < -0.4 is 4.74 Å². The van der Waals surface area contributed by atoms with Crippen molar-refractivity contribution in [2.75, 3.05) is 0 Å². The van der Waals surface area contributed by atoms with Gasteiger partial charge in [-0.2, -0.15) is 0 Å². The van der Waals surface area contributed by atoms with Gasteiger partial charge in [-0.3, -0.25) is 4.79 Å². The van der Waals surface area contributed by atoms with Crippen LogP contribution in [0.2, 0.25) is 10.0 Å². The van der Waals surface area contributed by atoms with Crippen LogP contribution in [0.1, 0.15) is 15.9 Å². The second-order valence-corrected chi connectivity index (χ2v) is 4.97. The molecule has 0 atom stereocenters. The molecule has 1 N–H and O–H groups in total. The van der Waals surface area contributed by atoms with Gasteiger partial charge in [-0.05, 0) is 42.8 Å². The molecule has 0 aromatic heterocycles. The van der Waals surface area contributed by atoms with Gasteiger partial charge in [-0.25, -0.2) is 4.79 Å². The molecule has 2 aromatic carbocycles. The van der Waals surface area contributed by atoms with E-state index in [0.29, 0.717) is 22.1 Å². The maximum absolute atomic E-state index is 11.4. The van der Waals surface area contributed by atoms with Gasteiger partial charge in [0.1, 0.15) is 11.5 Å². The molecular weight excluding hydrogens is 315 g/mol. The van der Waals surface area contributed by atoms with E-state index < -0.39 is 11.8 Å². The lowest BCUT2D eigenvalue weighted by molar-refractivity contribution is -0.131. The molecule has 4 nitrogen and oxygen atoms in total. The summed E-state index contributed by atoms with van der Waals surface area (Å²) in [5, 5.41) is 9.20. The number of carboxylic acid groups (broad SMARTS) is 1. The fourth-order valence-electron chi connectivity index (χ4n) is 1.63. The highest BCUT2D eigenvalue weighted by Gasteiger charge is 2.18. The maximum Gasteiger partial charge on any atom is 0.377 e. The molecule has 2 rings (SSSR count). The van der Waals surface area contributed by atoms with Gasteiger partial charge in [0.15, 0.2) is 0 Å². The highest BCUT2D eigenvalue weighted by molar-refractivity contribution is 6.45. The number of carboxylic acids is 1. The fraction of sp³-hybridized carbons (Fsp3) is 0. The van der Waals surface area contributed by atoms with Crippen molar-refractivity contribution in [3.8, 4) is 11.5 Å². The first kappa shape index (κ1) is 15.4. The molecule has 1 radical (unpaired) electrons. The highest BCUT2D eigenvalue weighted by Crippen LogP contribution is 2.30. The van der Waals surface area contributed by atoms with Gasteiger partial charge in [0.2, 0.25) is 0 Å². The monoisotopic (exact) mass is 323 g/mol. The van der Waals surface area contributed by atoms with Crippen LogP contribution in [0.4, 0.5) is 0 Å². The number of aliphatic carboxylic acids is 1. The van der Waals surface area contributed by atoms with Gasteiger partial charge >= 0.3 is 5.97 Å². The third-order valence-corrected chi connectivity index (χ3v) is 3.18. The minimum atomic E-state index is -1.57. The summed E-state index contributed by atoms with van der Waals surface area (Å²) in [6.45, 7) is 3.79. The van der Waals surface area contributed by atoms with E-state index in [1.165, 1.54) is 18.2 Å². The zero-order valence-corrected chi connectivity index (χ0v) is 12.1. The summed E-state index contributed by atoms with van der Waals surface area (Å²) in [6.07, 6.45) is 0. The van der Waals surface area contributed by atoms with Gasteiger partial charge in [0.05, 0.1) is 5.02 Å². The minimum Gasteiger partial charge on any atom is -0.475 e. The lowest BCUT2D eigenvalue weighted by Gasteiger charge is -2.10. The first-order chi connectivity index (χ1) is 9.88. The highest BCUT2D eigenvalue weighted by atomic mass is 35.5. The van der Waals surface area contributed by atoms with E-state index in [4.69, 9.17) is 33.0 Å². The minimum absolute atomic E-state index is 0.000485. The first-order valence-corrected chi connectivity index (χ1v) is 6.50. The van der Waals surface area contributed by atoms with Crippen molar-refractivity contribution < 1.29 is 19.4 Å². The molecule has 0 aliphatic carbocycles. The lowest BCUT2D eigenvalue weighted by Crippen LogP contribution is -2.13. The summed E-state index contributed by atoms with van der Waals surface area (Å²) < 4.78 is 5.58. The van der Waals surface area contributed by atoms with Crippen molar-refractivity contribution in [2.45, 2.75) is 0 Å². The molecule has 0 aliphatic rings. The van der Waals surface area contributed by atoms with Crippen molar-refractivity contribution in [1.82, 2.24) is 0 Å². The third kappa shape index (κ3) is 3.54. The van der Waals surface area contributed by atoms with Gasteiger partial charge in [-0.1, -0.05) is 23.2 Å². The number of ether oxygens (including phenoxy) is 1. The molecule has 0 bridgehead atoms. The Morgan fingerprint density at radius 2 is 1.81 bits per heavy atom. The Labute approximate surface area is 130 Å². The summed E-state index contributed by atoms with van der Waals surface area (Å²) >= 11 is 11.7. The first-order valence-electron chi connectivity index (χ1n) is 5.75. The second-order valence-electron chi connectivity index (χ2n) is 4.13. The Balaban J connectivity index is 2.28. The van der Waals surface area contributed by atoms with E-state index in [0.717, 1.165) is 0 Å². The normalized spacial score (nSPS) is 10.2. The summed E-state index contributed by atoms with van der Waals surface area (Å²) in [4.78, 5) is 22.0. The summed E-state index contributed by atoms with van der Waals surface area (Å²) in [5.41, 5.74) is 0.492. The maximum atomic E-state index is 11.4.